The first-order valence-corrected chi connectivity index (χ1v) is 4.48. The number of benzene rings is 1. The van der Waals surface area contributed by atoms with Crippen molar-refractivity contribution in [2.45, 2.75) is 20.3 Å². The van der Waals surface area contributed by atoms with E-state index in [0.717, 1.165) is 28.6 Å². The van der Waals surface area contributed by atoms with Crippen molar-refractivity contribution in [1.82, 2.24) is 4.98 Å². The summed E-state index contributed by atoms with van der Waals surface area (Å²) in [7, 11) is 0. The highest BCUT2D eigenvalue weighted by Gasteiger charge is 2.04. The molecule has 0 bridgehead atoms. The summed E-state index contributed by atoms with van der Waals surface area (Å²) in [6.45, 7) is 3.94. The lowest BCUT2D eigenvalue weighted by atomic mass is 10.1. The third-order valence-electron chi connectivity index (χ3n) is 2.30. The molecular weight excluding hydrogens is 165 g/mol. The molecule has 0 amide bonds. The van der Waals surface area contributed by atoms with Gasteiger partial charge in [0, 0.05) is 16.6 Å². The molecule has 1 aromatic carbocycles. The number of fused-ring (bicyclic) bond motifs is 1. The molecule has 0 aliphatic rings. The molecule has 0 saturated heterocycles. The van der Waals surface area contributed by atoms with Crippen molar-refractivity contribution in [2.75, 3.05) is 0 Å². The van der Waals surface area contributed by atoms with Gasteiger partial charge >= 0.3 is 0 Å². The summed E-state index contributed by atoms with van der Waals surface area (Å²) in [4.78, 5) is 3.11. The summed E-state index contributed by atoms with van der Waals surface area (Å²) < 4.78 is 13.3. The molecule has 0 atom stereocenters. The van der Waals surface area contributed by atoms with Crippen molar-refractivity contribution in [3.8, 4) is 0 Å². The Kier molecular flexibility index (Phi) is 1.83. The number of halogens is 1. The number of hydrogen-bond donors (Lipinski definition) is 1. The minimum Gasteiger partial charge on any atom is -0.359 e. The molecule has 0 unspecified atom stereocenters. The quantitative estimate of drug-likeness (QED) is 0.688. The number of H-pyrrole nitrogens is 1. The lowest BCUT2D eigenvalue weighted by Crippen LogP contribution is -1.86. The number of aryl methyl sites for hydroxylation is 2. The first-order valence-electron chi connectivity index (χ1n) is 4.48. The fourth-order valence-electron chi connectivity index (χ4n) is 1.62. The topological polar surface area (TPSA) is 15.8 Å². The highest BCUT2D eigenvalue weighted by Crippen LogP contribution is 2.20. The van der Waals surface area contributed by atoms with Crippen LogP contribution in [-0.2, 0) is 6.42 Å². The molecule has 0 radical (unpaired) electrons. The molecule has 0 saturated carbocycles. The molecule has 13 heavy (non-hydrogen) atoms. The maximum atomic E-state index is 13.3. The molecule has 1 nitrogen and oxygen atoms in total. The lowest BCUT2D eigenvalue weighted by Gasteiger charge is -1.98. The second-order valence-corrected chi connectivity index (χ2v) is 3.34. The SMILES string of the molecule is CCc1cc2cc(C)[nH]c2cc1F. The zero-order valence-corrected chi connectivity index (χ0v) is 7.82. The van der Waals surface area contributed by atoms with Gasteiger partial charge in [-0.1, -0.05) is 6.92 Å². The minimum absolute atomic E-state index is 0.114. The Labute approximate surface area is 76.6 Å². The summed E-state index contributed by atoms with van der Waals surface area (Å²) in [6.07, 6.45) is 0.742. The van der Waals surface area contributed by atoms with Crippen molar-refractivity contribution >= 4 is 10.9 Å². The second kappa shape index (κ2) is 2.87. The van der Waals surface area contributed by atoms with Crippen LogP contribution in [0.4, 0.5) is 4.39 Å². The number of hydrogen-bond acceptors (Lipinski definition) is 0. The van der Waals surface area contributed by atoms with Crippen LogP contribution in [0.25, 0.3) is 10.9 Å². The first kappa shape index (κ1) is 8.30. The predicted octanol–water partition coefficient (Wildman–Crippen LogP) is 3.18. The van der Waals surface area contributed by atoms with E-state index in [0.29, 0.717) is 0 Å². The summed E-state index contributed by atoms with van der Waals surface area (Å²) in [6, 6.07) is 5.52. The van der Waals surface area contributed by atoms with Crippen LogP contribution in [0, 0.1) is 12.7 Å². The van der Waals surface area contributed by atoms with Crippen LogP contribution in [0.1, 0.15) is 18.2 Å². The van der Waals surface area contributed by atoms with Crippen molar-refractivity contribution in [3.05, 3.63) is 35.3 Å². The van der Waals surface area contributed by atoms with Gasteiger partial charge in [-0.15, -0.1) is 0 Å². The Hall–Kier alpha value is -1.31. The van der Waals surface area contributed by atoms with E-state index in [1.165, 1.54) is 0 Å². The lowest BCUT2D eigenvalue weighted by molar-refractivity contribution is 0.614. The van der Waals surface area contributed by atoms with Crippen molar-refractivity contribution < 1.29 is 4.39 Å². The van der Waals surface area contributed by atoms with Crippen molar-refractivity contribution in [2.24, 2.45) is 0 Å². The van der Waals surface area contributed by atoms with Gasteiger partial charge in [0.2, 0.25) is 0 Å². The van der Waals surface area contributed by atoms with E-state index in [-0.39, 0.29) is 5.82 Å². The largest absolute Gasteiger partial charge is 0.359 e. The molecule has 1 heterocycles. The van der Waals surface area contributed by atoms with Crippen LogP contribution in [0.15, 0.2) is 18.2 Å². The van der Waals surface area contributed by atoms with Gasteiger partial charge in [0.05, 0.1) is 0 Å². The average molecular weight is 177 g/mol. The van der Waals surface area contributed by atoms with Crippen molar-refractivity contribution in [3.63, 3.8) is 0 Å². The highest BCUT2D eigenvalue weighted by atomic mass is 19.1. The van der Waals surface area contributed by atoms with Gasteiger partial charge in [-0.25, -0.2) is 4.39 Å². The van der Waals surface area contributed by atoms with E-state index in [1.807, 2.05) is 26.0 Å². The molecule has 0 fully saturated rings. The number of aromatic amines is 1. The van der Waals surface area contributed by atoms with E-state index < -0.39 is 0 Å². The molecule has 2 aromatic rings. The Balaban J connectivity index is 2.72. The molecule has 0 aliphatic heterocycles. The van der Waals surface area contributed by atoms with Crippen LogP contribution in [0.5, 0.6) is 0 Å². The number of nitrogens with one attached hydrogen (secondary N) is 1. The monoisotopic (exact) mass is 177 g/mol. The Morgan fingerprint density at radius 2 is 2.08 bits per heavy atom. The van der Waals surface area contributed by atoms with Crippen molar-refractivity contribution in [1.29, 1.82) is 0 Å². The molecule has 1 N–H and O–H groups in total. The van der Waals surface area contributed by atoms with Gasteiger partial charge in [-0.05, 0) is 37.1 Å². The van der Waals surface area contributed by atoms with E-state index in [9.17, 15) is 4.39 Å². The average Bonchev–Trinajstić information content (AvgIpc) is 2.42. The summed E-state index contributed by atoms with van der Waals surface area (Å²) >= 11 is 0. The highest BCUT2D eigenvalue weighted by molar-refractivity contribution is 5.81. The molecule has 68 valence electrons. The first-order chi connectivity index (χ1) is 6.20. The zero-order chi connectivity index (χ0) is 9.42. The zero-order valence-electron chi connectivity index (χ0n) is 7.82. The molecule has 1 aromatic heterocycles. The van der Waals surface area contributed by atoms with Gasteiger partial charge in [-0.2, -0.15) is 0 Å². The van der Waals surface area contributed by atoms with Gasteiger partial charge in [0.15, 0.2) is 0 Å². The van der Waals surface area contributed by atoms with Crippen LogP contribution < -0.4 is 0 Å². The fourth-order valence-corrected chi connectivity index (χ4v) is 1.62. The van der Waals surface area contributed by atoms with E-state index in [1.54, 1.807) is 6.07 Å². The van der Waals surface area contributed by atoms with E-state index >= 15 is 0 Å². The van der Waals surface area contributed by atoms with Gasteiger partial charge in [0.1, 0.15) is 5.82 Å². The van der Waals surface area contributed by atoms with Gasteiger partial charge < -0.3 is 4.98 Å². The fraction of sp³-hybridized carbons (Fsp3) is 0.273. The molecule has 2 heteroatoms. The summed E-state index contributed by atoms with van der Waals surface area (Å²) in [5.41, 5.74) is 2.74. The number of aromatic nitrogens is 1. The third-order valence-corrected chi connectivity index (χ3v) is 2.30. The molecule has 0 spiro atoms. The molecule has 0 aliphatic carbocycles. The third kappa shape index (κ3) is 1.32. The predicted molar refractivity (Wildman–Crippen MR) is 52.4 cm³/mol. The van der Waals surface area contributed by atoms with Gasteiger partial charge in [-0.3, -0.25) is 0 Å². The Bertz CT molecular complexity index is 443. The molecule has 2 rings (SSSR count). The van der Waals surface area contributed by atoms with Crippen LogP contribution >= 0.6 is 0 Å². The normalized spacial score (nSPS) is 11.0. The maximum Gasteiger partial charge on any atom is 0.128 e. The Morgan fingerprint density at radius 3 is 2.77 bits per heavy atom. The van der Waals surface area contributed by atoms with E-state index in [4.69, 9.17) is 0 Å². The van der Waals surface area contributed by atoms with Crippen LogP contribution in [0.2, 0.25) is 0 Å². The minimum atomic E-state index is -0.114. The summed E-state index contributed by atoms with van der Waals surface area (Å²) in [5, 5.41) is 1.09. The maximum absolute atomic E-state index is 13.3. The standard InChI is InChI=1S/C11H12FN/c1-3-8-5-9-4-7(2)13-11(9)6-10(8)12/h4-6,13H,3H2,1-2H3. The Morgan fingerprint density at radius 1 is 1.31 bits per heavy atom. The number of rotatable bonds is 1. The molecular formula is C11H12FN. The van der Waals surface area contributed by atoms with E-state index in [2.05, 4.69) is 4.98 Å². The van der Waals surface area contributed by atoms with Crippen LogP contribution in [0.3, 0.4) is 0 Å². The smallest absolute Gasteiger partial charge is 0.128 e. The van der Waals surface area contributed by atoms with Gasteiger partial charge in [0.25, 0.3) is 0 Å². The second-order valence-electron chi connectivity index (χ2n) is 3.34. The van der Waals surface area contributed by atoms with Crippen LogP contribution in [-0.4, -0.2) is 4.98 Å². The summed E-state index contributed by atoms with van der Waals surface area (Å²) in [5.74, 6) is -0.114.